The highest BCUT2D eigenvalue weighted by Crippen LogP contribution is 2.25. The van der Waals surface area contributed by atoms with Gasteiger partial charge in [0.25, 0.3) is 0 Å². The Labute approximate surface area is 103 Å². The van der Waals surface area contributed by atoms with E-state index in [2.05, 4.69) is 27.2 Å². The first kappa shape index (κ1) is 11.9. The number of anilines is 2. The number of rotatable bonds is 4. The maximum Gasteiger partial charge on any atom is 0.139 e. The van der Waals surface area contributed by atoms with Crippen molar-refractivity contribution in [1.82, 2.24) is 9.97 Å². The van der Waals surface area contributed by atoms with E-state index in [1.807, 2.05) is 7.05 Å². The number of hydrogen-bond acceptors (Lipinski definition) is 4. The van der Waals surface area contributed by atoms with Crippen LogP contribution in [-0.2, 0) is 0 Å². The minimum absolute atomic E-state index is 0.544. The van der Waals surface area contributed by atoms with Crippen LogP contribution in [0.1, 0.15) is 37.7 Å². The van der Waals surface area contributed by atoms with E-state index in [1.165, 1.54) is 32.1 Å². The van der Waals surface area contributed by atoms with Crippen LogP contribution in [0.3, 0.4) is 0 Å². The van der Waals surface area contributed by atoms with Gasteiger partial charge in [0.1, 0.15) is 18.0 Å². The van der Waals surface area contributed by atoms with Gasteiger partial charge in [0, 0.05) is 13.1 Å². The van der Waals surface area contributed by atoms with Gasteiger partial charge in [-0.25, -0.2) is 9.97 Å². The Hall–Kier alpha value is -1.58. The smallest absolute Gasteiger partial charge is 0.139 e. The molecule has 0 saturated heterocycles. The summed E-state index contributed by atoms with van der Waals surface area (Å²) in [6.45, 7) is 3.83. The summed E-state index contributed by atoms with van der Waals surface area (Å²) in [5.74, 6) is 1.72. The monoisotopic (exact) mass is 232 g/mol. The van der Waals surface area contributed by atoms with Gasteiger partial charge in [-0.1, -0.05) is 31.9 Å². The highest BCUT2D eigenvalue weighted by molar-refractivity contribution is 5.72. The van der Waals surface area contributed by atoms with E-state index in [0.717, 1.165) is 17.2 Å². The average Bonchev–Trinajstić information content (AvgIpc) is 2.39. The predicted octanol–water partition coefficient (Wildman–Crippen LogP) is 2.91. The third-order valence-corrected chi connectivity index (χ3v) is 3.27. The molecule has 4 heteroatoms. The summed E-state index contributed by atoms with van der Waals surface area (Å²) in [4.78, 5) is 8.51. The van der Waals surface area contributed by atoms with Gasteiger partial charge in [0.05, 0.1) is 5.56 Å². The molecule has 0 bridgehead atoms. The van der Waals surface area contributed by atoms with E-state index in [1.54, 1.807) is 12.4 Å². The second kappa shape index (κ2) is 5.66. The van der Waals surface area contributed by atoms with E-state index in [0.29, 0.717) is 6.04 Å². The van der Waals surface area contributed by atoms with E-state index < -0.39 is 0 Å². The second-order valence-electron chi connectivity index (χ2n) is 4.42. The number of hydrogen-bond donors (Lipinski definition) is 2. The van der Waals surface area contributed by atoms with Gasteiger partial charge in [-0.15, -0.1) is 0 Å². The molecular weight excluding hydrogens is 212 g/mol. The maximum absolute atomic E-state index is 4.32. The minimum atomic E-state index is 0.544. The molecule has 0 atom stereocenters. The molecule has 0 aromatic carbocycles. The van der Waals surface area contributed by atoms with Crippen molar-refractivity contribution in [2.45, 2.75) is 38.1 Å². The molecule has 0 amide bonds. The largest absolute Gasteiger partial charge is 0.372 e. The zero-order valence-corrected chi connectivity index (χ0v) is 10.4. The molecule has 1 fully saturated rings. The molecule has 1 aliphatic rings. The van der Waals surface area contributed by atoms with Gasteiger partial charge >= 0.3 is 0 Å². The summed E-state index contributed by atoms with van der Waals surface area (Å²) >= 11 is 0. The van der Waals surface area contributed by atoms with Gasteiger partial charge in [0.15, 0.2) is 0 Å². The van der Waals surface area contributed by atoms with Crippen LogP contribution < -0.4 is 10.6 Å². The fourth-order valence-electron chi connectivity index (χ4n) is 2.34. The third-order valence-electron chi connectivity index (χ3n) is 3.27. The fourth-order valence-corrected chi connectivity index (χ4v) is 2.34. The van der Waals surface area contributed by atoms with Gasteiger partial charge < -0.3 is 10.6 Å². The molecule has 4 nitrogen and oxygen atoms in total. The van der Waals surface area contributed by atoms with Gasteiger partial charge in [-0.05, 0) is 12.8 Å². The number of nitrogens with one attached hydrogen (secondary N) is 2. The van der Waals surface area contributed by atoms with Gasteiger partial charge in [-0.2, -0.15) is 0 Å². The minimum Gasteiger partial charge on any atom is -0.372 e. The summed E-state index contributed by atoms with van der Waals surface area (Å²) < 4.78 is 0. The standard InChI is InChI=1S/C13H20N4/c1-3-11-12(14-2)15-9-16-13(11)17-10-7-5-4-6-8-10/h3,9-10H,1,4-8H2,2H3,(H2,14,15,16,17). The molecule has 1 aromatic rings. The van der Waals surface area contributed by atoms with E-state index in [-0.39, 0.29) is 0 Å². The van der Waals surface area contributed by atoms with Crippen LogP contribution >= 0.6 is 0 Å². The normalized spacial score (nSPS) is 16.5. The first-order valence-electron chi connectivity index (χ1n) is 6.27. The lowest BCUT2D eigenvalue weighted by Crippen LogP contribution is -2.23. The second-order valence-corrected chi connectivity index (χ2v) is 4.42. The SMILES string of the molecule is C=Cc1c(NC)ncnc1NC1CCCCC1. The third kappa shape index (κ3) is 2.75. The molecule has 0 radical (unpaired) electrons. The Balaban J connectivity index is 2.16. The molecule has 92 valence electrons. The lowest BCUT2D eigenvalue weighted by Gasteiger charge is -2.24. The Morgan fingerprint density at radius 1 is 1.24 bits per heavy atom. The molecule has 0 spiro atoms. The zero-order chi connectivity index (χ0) is 12.1. The summed E-state index contributed by atoms with van der Waals surface area (Å²) in [5, 5.41) is 6.57. The molecule has 1 saturated carbocycles. The molecule has 2 N–H and O–H groups in total. The Morgan fingerprint density at radius 3 is 2.59 bits per heavy atom. The van der Waals surface area contributed by atoms with Crippen molar-refractivity contribution >= 4 is 17.7 Å². The van der Waals surface area contributed by atoms with Crippen LogP contribution in [0.2, 0.25) is 0 Å². The Kier molecular flexibility index (Phi) is 3.96. The fraction of sp³-hybridized carbons (Fsp3) is 0.538. The van der Waals surface area contributed by atoms with Crippen LogP contribution in [-0.4, -0.2) is 23.1 Å². The first-order valence-corrected chi connectivity index (χ1v) is 6.27. The Bertz CT molecular complexity index is 383. The van der Waals surface area contributed by atoms with E-state index in [4.69, 9.17) is 0 Å². The first-order chi connectivity index (χ1) is 8.35. The molecule has 0 aliphatic heterocycles. The average molecular weight is 232 g/mol. The van der Waals surface area contributed by atoms with Crippen molar-refractivity contribution in [3.63, 3.8) is 0 Å². The maximum atomic E-state index is 4.32. The highest BCUT2D eigenvalue weighted by atomic mass is 15.1. The molecule has 1 heterocycles. The van der Waals surface area contributed by atoms with Crippen molar-refractivity contribution in [1.29, 1.82) is 0 Å². The molecule has 17 heavy (non-hydrogen) atoms. The quantitative estimate of drug-likeness (QED) is 0.838. The van der Waals surface area contributed by atoms with Gasteiger partial charge in [-0.3, -0.25) is 0 Å². The van der Waals surface area contributed by atoms with Crippen molar-refractivity contribution in [2.75, 3.05) is 17.7 Å². The van der Waals surface area contributed by atoms with Gasteiger partial charge in [0.2, 0.25) is 0 Å². The van der Waals surface area contributed by atoms with Crippen LogP contribution in [0.15, 0.2) is 12.9 Å². The van der Waals surface area contributed by atoms with Crippen molar-refractivity contribution in [3.05, 3.63) is 18.5 Å². The van der Waals surface area contributed by atoms with Crippen molar-refractivity contribution in [2.24, 2.45) is 0 Å². The van der Waals surface area contributed by atoms with Crippen molar-refractivity contribution < 1.29 is 0 Å². The lowest BCUT2D eigenvalue weighted by molar-refractivity contribution is 0.462. The molecular formula is C13H20N4. The summed E-state index contributed by atoms with van der Waals surface area (Å²) in [6, 6.07) is 0.544. The van der Waals surface area contributed by atoms with Crippen LogP contribution in [0, 0.1) is 0 Å². The van der Waals surface area contributed by atoms with E-state index >= 15 is 0 Å². The van der Waals surface area contributed by atoms with E-state index in [9.17, 15) is 0 Å². The zero-order valence-electron chi connectivity index (χ0n) is 10.4. The topological polar surface area (TPSA) is 49.8 Å². The van der Waals surface area contributed by atoms with Crippen LogP contribution in [0.25, 0.3) is 6.08 Å². The van der Waals surface area contributed by atoms with Crippen LogP contribution in [0.5, 0.6) is 0 Å². The lowest BCUT2D eigenvalue weighted by atomic mass is 9.95. The Morgan fingerprint density at radius 2 is 1.94 bits per heavy atom. The molecule has 0 unspecified atom stereocenters. The molecule has 1 aromatic heterocycles. The molecule has 2 rings (SSSR count). The summed E-state index contributed by atoms with van der Waals surface area (Å²) in [7, 11) is 1.86. The predicted molar refractivity (Wildman–Crippen MR) is 72.2 cm³/mol. The molecule has 1 aliphatic carbocycles. The summed E-state index contributed by atoms with van der Waals surface area (Å²) in [5.41, 5.74) is 0.959. The summed E-state index contributed by atoms with van der Waals surface area (Å²) in [6.07, 6.45) is 9.83. The highest BCUT2D eigenvalue weighted by Gasteiger charge is 2.15. The number of nitrogens with zero attached hydrogens (tertiary/aromatic N) is 2. The van der Waals surface area contributed by atoms with Crippen LogP contribution in [0.4, 0.5) is 11.6 Å². The number of aromatic nitrogens is 2. The van der Waals surface area contributed by atoms with Crippen molar-refractivity contribution in [3.8, 4) is 0 Å².